The molecule has 1 saturated heterocycles. The molecule has 1 heterocycles. The highest BCUT2D eigenvalue weighted by Crippen LogP contribution is 2.18. The van der Waals surface area contributed by atoms with E-state index in [-0.39, 0.29) is 11.9 Å². The number of rotatable bonds is 4. The molecular formula is C11H23N3O. The number of nitrogens with two attached hydrogens (primary N) is 1. The first-order valence-corrected chi connectivity index (χ1v) is 5.82. The number of amides is 1. The Morgan fingerprint density at radius 2 is 2.40 bits per heavy atom. The van der Waals surface area contributed by atoms with E-state index in [2.05, 4.69) is 17.1 Å². The third kappa shape index (κ3) is 4.18. The van der Waals surface area contributed by atoms with Gasteiger partial charge in [0.15, 0.2) is 0 Å². The molecule has 0 aliphatic carbocycles. The highest BCUT2D eigenvalue weighted by atomic mass is 16.1. The number of carbonyl (C=O) groups is 1. The Kier molecular flexibility index (Phi) is 5.05. The molecule has 0 radical (unpaired) electrons. The van der Waals surface area contributed by atoms with E-state index in [1.54, 1.807) is 7.05 Å². The highest BCUT2D eigenvalue weighted by molar-refractivity contribution is 5.75. The maximum Gasteiger partial charge on any atom is 0.221 e. The largest absolute Gasteiger partial charge is 0.359 e. The molecular weight excluding hydrogens is 190 g/mol. The van der Waals surface area contributed by atoms with Crippen LogP contribution in [0.1, 0.15) is 26.2 Å². The third-order valence-electron chi connectivity index (χ3n) is 3.22. The smallest absolute Gasteiger partial charge is 0.221 e. The van der Waals surface area contributed by atoms with Crippen LogP contribution in [0.3, 0.4) is 0 Å². The summed E-state index contributed by atoms with van der Waals surface area (Å²) >= 11 is 0. The molecule has 0 aromatic carbocycles. The molecule has 88 valence electrons. The summed E-state index contributed by atoms with van der Waals surface area (Å²) in [7, 11) is 1.68. The quantitative estimate of drug-likeness (QED) is 0.700. The van der Waals surface area contributed by atoms with Crippen LogP contribution in [-0.4, -0.2) is 43.5 Å². The summed E-state index contributed by atoms with van der Waals surface area (Å²) in [6.07, 6.45) is 3.04. The average molecular weight is 213 g/mol. The number of nitrogens with one attached hydrogen (secondary N) is 1. The third-order valence-corrected chi connectivity index (χ3v) is 3.22. The second-order valence-corrected chi connectivity index (χ2v) is 4.49. The zero-order chi connectivity index (χ0) is 11.3. The van der Waals surface area contributed by atoms with Gasteiger partial charge in [-0.25, -0.2) is 0 Å². The molecule has 0 bridgehead atoms. The van der Waals surface area contributed by atoms with Crippen LogP contribution < -0.4 is 11.1 Å². The first kappa shape index (κ1) is 12.5. The summed E-state index contributed by atoms with van der Waals surface area (Å²) in [5, 5.41) is 2.65. The van der Waals surface area contributed by atoms with Crippen LogP contribution in [-0.2, 0) is 4.79 Å². The average Bonchev–Trinajstić information content (AvgIpc) is 2.26. The lowest BCUT2D eigenvalue weighted by molar-refractivity contribution is -0.121. The molecule has 1 amide bonds. The highest BCUT2D eigenvalue weighted by Gasteiger charge is 2.22. The lowest BCUT2D eigenvalue weighted by Gasteiger charge is -2.34. The van der Waals surface area contributed by atoms with Gasteiger partial charge in [0.05, 0.1) is 0 Å². The minimum absolute atomic E-state index is 0.123. The number of nitrogens with zero attached hydrogens (tertiary/aromatic N) is 1. The van der Waals surface area contributed by atoms with E-state index in [0.717, 1.165) is 19.6 Å². The van der Waals surface area contributed by atoms with Gasteiger partial charge in [-0.1, -0.05) is 0 Å². The summed E-state index contributed by atoms with van der Waals surface area (Å²) in [4.78, 5) is 13.5. The van der Waals surface area contributed by atoms with E-state index in [9.17, 15) is 4.79 Å². The van der Waals surface area contributed by atoms with Crippen LogP contribution in [0, 0.1) is 5.92 Å². The zero-order valence-electron chi connectivity index (χ0n) is 9.83. The lowest BCUT2D eigenvalue weighted by Crippen LogP contribution is -2.43. The molecule has 0 aromatic rings. The summed E-state index contributed by atoms with van der Waals surface area (Å²) in [6, 6.07) is 0.271. The van der Waals surface area contributed by atoms with Gasteiger partial charge in [-0.2, -0.15) is 0 Å². The predicted molar refractivity (Wildman–Crippen MR) is 61.5 cm³/mol. The van der Waals surface area contributed by atoms with Gasteiger partial charge in [-0.15, -0.1) is 0 Å². The molecule has 0 aromatic heterocycles. The van der Waals surface area contributed by atoms with Gasteiger partial charge in [-0.05, 0) is 32.2 Å². The Morgan fingerprint density at radius 3 is 3.00 bits per heavy atom. The van der Waals surface area contributed by atoms with Gasteiger partial charge in [0.25, 0.3) is 0 Å². The minimum atomic E-state index is 0.123. The van der Waals surface area contributed by atoms with Crippen molar-refractivity contribution >= 4 is 5.91 Å². The van der Waals surface area contributed by atoms with Crippen molar-refractivity contribution < 1.29 is 4.79 Å². The number of hydrogen-bond donors (Lipinski definition) is 2. The minimum Gasteiger partial charge on any atom is -0.359 e. The molecule has 0 saturated carbocycles. The monoisotopic (exact) mass is 213 g/mol. The van der Waals surface area contributed by atoms with Crippen molar-refractivity contribution in [2.24, 2.45) is 11.7 Å². The van der Waals surface area contributed by atoms with Gasteiger partial charge in [-0.3, -0.25) is 4.79 Å². The van der Waals surface area contributed by atoms with E-state index in [1.165, 1.54) is 12.8 Å². The van der Waals surface area contributed by atoms with Gasteiger partial charge in [0.2, 0.25) is 5.91 Å². The molecule has 1 rings (SSSR count). The maximum absolute atomic E-state index is 11.1. The van der Waals surface area contributed by atoms with Crippen molar-refractivity contribution in [2.75, 3.05) is 26.7 Å². The Morgan fingerprint density at radius 1 is 1.67 bits per heavy atom. The number of hydrogen-bond acceptors (Lipinski definition) is 3. The molecule has 3 N–H and O–H groups in total. The Labute approximate surface area is 92.2 Å². The molecule has 2 unspecified atom stereocenters. The molecule has 0 spiro atoms. The van der Waals surface area contributed by atoms with Gasteiger partial charge < -0.3 is 16.0 Å². The Hall–Kier alpha value is -0.610. The van der Waals surface area contributed by atoms with Crippen LogP contribution in [0.2, 0.25) is 0 Å². The van der Waals surface area contributed by atoms with Crippen molar-refractivity contribution in [3.8, 4) is 0 Å². The van der Waals surface area contributed by atoms with Crippen LogP contribution in [0.4, 0.5) is 0 Å². The zero-order valence-corrected chi connectivity index (χ0v) is 9.83. The SMILES string of the molecule is CNC(=O)CCN1CCCC(C(C)N)C1. The van der Waals surface area contributed by atoms with Crippen molar-refractivity contribution in [3.05, 3.63) is 0 Å². The van der Waals surface area contributed by atoms with Crippen LogP contribution in [0.15, 0.2) is 0 Å². The molecule has 15 heavy (non-hydrogen) atoms. The van der Waals surface area contributed by atoms with Gasteiger partial charge >= 0.3 is 0 Å². The Balaban J connectivity index is 2.27. The molecule has 1 fully saturated rings. The van der Waals surface area contributed by atoms with Crippen molar-refractivity contribution in [3.63, 3.8) is 0 Å². The van der Waals surface area contributed by atoms with E-state index in [1.807, 2.05) is 0 Å². The molecule has 2 atom stereocenters. The number of carbonyl (C=O) groups excluding carboxylic acids is 1. The van der Waals surface area contributed by atoms with Crippen LogP contribution >= 0.6 is 0 Å². The van der Waals surface area contributed by atoms with Crippen LogP contribution in [0.5, 0.6) is 0 Å². The van der Waals surface area contributed by atoms with Crippen molar-refractivity contribution in [1.82, 2.24) is 10.2 Å². The summed E-state index contributed by atoms with van der Waals surface area (Å²) in [5.41, 5.74) is 5.91. The maximum atomic E-state index is 11.1. The molecule has 1 aliphatic heterocycles. The first-order chi connectivity index (χ1) is 7.13. The first-order valence-electron chi connectivity index (χ1n) is 5.82. The second kappa shape index (κ2) is 6.08. The number of piperidine rings is 1. The fourth-order valence-corrected chi connectivity index (χ4v) is 2.11. The van der Waals surface area contributed by atoms with E-state index >= 15 is 0 Å². The van der Waals surface area contributed by atoms with Crippen molar-refractivity contribution in [2.45, 2.75) is 32.2 Å². The van der Waals surface area contributed by atoms with Crippen molar-refractivity contribution in [1.29, 1.82) is 0 Å². The van der Waals surface area contributed by atoms with E-state index in [0.29, 0.717) is 12.3 Å². The van der Waals surface area contributed by atoms with E-state index in [4.69, 9.17) is 5.73 Å². The fourth-order valence-electron chi connectivity index (χ4n) is 2.11. The van der Waals surface area contributed by atoms with Gasteiger partial charge in [0, 0.05) is 32.6 Å². The standard InChI is InChI=1S/C11H23N3O/c1-9(12)10-4-3-6-14(8-10)7-5-11(15)13-2/h9-10H,3-8,12H2,1-2H3,(H,13,15). The molecule has 1 aliphatic rings. The van der Waals surface area contributed by atoms with Gasteiger partial charge in [0.1, 0.15) is 0 Å². The summed E-state index contributed by atoms with van der Waals surface area (Å²) in [5.74, 6) is 0.723. The fraction of sp³-hybridized carbons (Fsp3) is 0.909. The molecule has 4 nitrogen and oxygen atoms in total. The summed E-state index contributed by atoms with van der Waals surface area (Å²) < 4.78 is 0. The van der Waals surface area contributed by atoms with Crippen LogP contribution in [0.25, 0.3) is 0 Å². The second-order valence-electron chi connectivity index (χ2n) is 4.49. The molecule has 4 heteroatoms. The summed E-state index contributed by atoms with van der Waals surface area (Å²) in [6.45, 7) is 5.10. The lowest BCUT2D eigenvalue weighted by atomic mass is 9.92. The predicted octanol–water partition coefficient (Wildman–Crippen LogP) is 0.182. The topological polar surface area (TPSA) is 58.4 Å². The Bertz CT molecular complexity index is 206. The van der Waals surface area contributed by atoms with E-state index < -0.39 is 0 Å². The number of likely N-dealkylation sites (tertiary alicyclic amines) is 1. The normalized spacial score (nSPS) is 24.9.